The lowest BCUT2D eigenvalue weighted by atomic mass is 10.0. The van der Waals surface area contributed by atoms with E-state index < -0.39 is 12.1 Å². The summed E-state index contributed by atoms with van der Waals surface area (Å²) in [7, 11) is 0. The van der Waals surface area contributed by atoms with Crippen LogP contribution in [0.1, 0.15) is 17.5 Å². The van der Waals surface area contributed by atoms with Crippen molar-refractivity contribution < 1.29 is 14.7 Å². The molecule has 0 spiro atoms. The first-order valence-corrected chi connectivity index (χ1v) is 4.67. The fourth-order valence-corrected chi connectivity index (χ4v) is 1.45. The number of nitrogens with zero attached hydrogens (tertiary/aromatic N) is 2. The van der Waals surface area contributed by atoms with Crippen LogP contribution >= 0.6 is 0 Å². The van der Waals surface area contributed by atoms with Gasteiger partial charge in [-0.1, -0.05) is 17.3 Å². The summed E-state index contributed by atoms with van der Waals surface area (Å²) >= 11 is 0. The molecule has 1 unspecified atom stereocenters. The van der Waals surface area contributed by atoms with Gasteiger partial charge in [-0.2, -0.15) is 5.26 Å². The predicted octanol–water partition coefficient (Wildman–Crippen LogP) is 1.14. The van der Waals surface area contributed by atoms with Gasteiger partial charge in [0.05, 0.1) is 17.3 Å². The third-order valence-electron chi connectivity index (χ3n) is 2.27. The van der Waals surface area contributed by atoms with Gasteiger partial charge in [-0.05, 0) is 12.1 Å². The van der Waals surface area contributed by atoms with E-state index in [0.717, 1.165) is 5.56 Å². The van der Waals surface area contributed by atoms with Crippen LogP contribution in [-0.4, -0.2) is 22.9 Å². The van der Waals surface area contributed by atoms with E-state index >= 15 is 0 Å². The summed E-state index contributed by atoms with van der Waals surface area (Å²) in [5, 5.41) is 21.2. The molecule has 80 valence electrons. The number of nitriles is 1. The second kappa shape index (κ2) is 4.03. The van der Waals surface area contributed by atoms with E-state index in [1.807, 2.05) is 6.07 Å². The highest BCUT2D eigenvalue weighted by atomic mass is 16.7. The Morgan fingerprint density at radius 1 is 1.62 bits per heavy atom. The number of oxime groups is 1. The van der Waals surface area contributed by atoms with Crippen LogP contribution in [0.5, 0.6) is 0 Å². The van der Waals surface area contributed by atoms with Crippen molar-refractivity contribution in [3.05, 3.63) is 35.4 Å². The second-order valence-corrected chi connectivity index (χ2v) is 3.37. The van der Waals surface area contributed by atoms with Gasteiger partial charge in [-0.15, -0.1) is 0 Å². The Bertz CT molecular complexity index is 502. The summed E-state index contributed by atoms with van der Waals surface area (Å²) < 4.78 is 0. The normalized spacial score (nSPS) is 18.4. The molecule has 0 aromatic heterocycles. The molecular formula is C11H8N2O3. The first kappa shape index (κ1) is 10.2. The third kappa shape index (κ3) is 1.86. The molecule has 0 radical (unpaired) electrons. The van der Waals surface area contributed by atoms with Crippen molar-refractivity contribution in [3.63, 3.8) is 0 Å². The fraction of sp³-hybridized carbons (Fsp3) is 0.182. The van der Waals surface area contributed by atoms with Gasteiger partial charge < -0.3 is 9.94 Å². The van der Waals surface area contributed by atoms with E-state index in [9.17, 15) is 4.79 Å². The Balaban J connectivity index is 2.21. The number of hydrogen-bond donors (Lipinski definition) is 1. The molecule has 2 rings (SSSR count). The van der Waals surface area contributed by atoms with Gasteiger partial charge in [0.15, 0.2) is 0 Å². The topological polar surface area (TPSA) is 82.7 Å². The van der Waals surface area contributed by atoms with Crippen LogP contribution < -0.4 is 0 Å². The Kier molecular flexibility index (Phi) is 2.56. The maximum atomic E-state index is 10.7. The van der Waals surface area contributed by atoms with Crippen LogP contribution in [0.15, 0.2) is 29.4 Å². The summed E-state index contributed by atoms with van der Waals surface area (Å²) in [5.74, 6) is -1.03. The van der Waals surface area contributed by atoms with E-state index in [0.29, 0.717) is 11.3 Å². The summed E-state index contributed by atoms with van der Waals surface area (Å²) in [5.41, 5.74) is 1.80. The van der Waals surface area contributed by atoms with Crippen molar-refractivity contribution in [1.82, 2.24) is 0 Å². The van der Waals surface area contributed by atoms with Gasteiger partial charge >= 0.3 is 5.97 Å². The van der Waals surface area contributed by atoms with Crippen molar-refractivity contribution in [2.75, 3.05) is 0 Å². The Morgan fingerprint density at radius 3 is 3.06 bits per heavy atom. The first-order chi connectivity index (χ1) is 7.70. The van der Waals surface area contributed by atoms with Crippen molar-refractivity contribution in [3.8, 4) is 6.07 Å². The van der Waals surface area contributed by atoms with E-state index in [4.69, 9.17) is 15.2 Å². The number of rotatable bonds is 2. The van der Waals surface area contributed by atoms with Gasteiger partial charge in [-0.3, -0.25) is 0 Å². The Morgan fingerprint density at radius 2 is 2.44 bits per heavy atom. The smallest absolute Gasteiger partial charge is 0.348 e. The first-order valence-electron chi connectivity index (χ1n) is 4.67. The average molecular weight is 216 g/mol. The number of carbonyl (C=O) groups is 1. The van der Waals surface area contributed by atoms with Gasteiger partial charge in [0.25, 0.3) is 0 Å². The molecule has 0 fully saturated rings. The molecule has 0 saturated heterocycles. The van der Waals surface area contributed by atoms with Gasteiger partial charge in [-0.25, -0.2) is 4.79 Å². The van der Waals surface area contributed by atoms with Crippen LogP contribution in [0.4, 0.5) is 0 Å². The SMILES string of the molecule is N#Cc1cccc(C2=NOC(C(=O)O)C2)c1. The molecule has 1 aromatic rings. The van der Waals surface area contributed by atoms with Crippen LogP contribution in [-0.2, 0) is 9.63 Å². The van der Waals surface area contributed by atoms with Gasteiger partial charge in [0, 0.05) is 12.0 Å². The molecule has 0 saturated carbocycles. The van der Waals surface area contributed by atoms with Crippen molar-refractivity contribution in [2.24, 2.45) is 5.16 Å². The molecule has 1 N–H and O–H groups in total. The predicted molar refractivity (Wildman–Crippen MR) is 54.8 cm³/mol. The number of aliphatic carboxylic acids is 1. The molecule has 16 heavy (non-hydrogen) atoms. The molecule has 1 aromatic carbocycles. The zero-order chi connectivity index (χ0) is 11.5. The van der Waals surface area contributed by atoms with Crippen molar-refractivity contribution >= 4 is 11.7 Å². The molecular weight excluding hydrogens is 208 g/mol. The molecule has 1 heterocycles. The van der Waals surface area contributed by atoms with E-state index in [1.54, 1.807) is 24.3 Å². The van der Waals surface area contributed by atoms with Crippen LogP contribution in [0.3, 0.4) is 0 Å². The van der Waals surface area contributed by atoms with E-state index in [1.165, 1.54) is 0 Å². The monoisotopic (exact) mass is 216 g/mol. The summed E-state index contributed by atoms with van der Waals surface area (Å²) in [6.45, 7) is 0. The van der Waals surface area contributed by atoms with E-state index in [2.05, 4.69) is 5.16 Å². The lowest BCUT2D eigenvalue weighted by molar-refractivity contribution is -0.148. The summed E-state index contributed by atoms with van der Waals surface area (Å²) in [4.78, 5) is 15.4. The minimum atomic E-state index is -1.03. The largest absolute Gasteiger partial charge is 0.478 e. The number of hydrogen-bond acceptors (Lipinski definition) is 4. The maximum Gasteiger partial charge on any atom is 0.348 e. The summed E-state index contributed by atoms with van der Waals surface area (Å²) in [6.07, 6.45) is -0.690. The van der Waals surface area contributed by atoms with Gasteiger partial charge in [0.2, 0.25) is 6.10 Å². The zero-order valence-corrected chi connectivity index (χ0v) is 8.25. The molecule has 5 nitrogen and oxygen atoms in total. The van der Waals surface area contributed by atoms with Crippen LogP contribution in [0.25, 0.3) is 0 Å². The highest BCUT2D eigenvalue weighted by molar-refractivity contribution is 6.03. The standard InChI is InChI=1S/C11H8N2O3/c12-6-7-2-1-3-8(4-7)9-5-10(11(14)15)16-13-9/h1-4,10H,5H2,(H,14,15). The van der Waals surface area contributed by atoms with E-state index in [-0.39, 0.29) is 6.42 Å². The number of benzene rings is 1. The molecule has 0 amide bonds. The number of carboxylic acids is 1. The number of carboxylic acid groups (broad SMARTS) is 1. The second-order valence-electron chi connectivity index (χ2n) is 3.37. The quantitative estimate of drug-likeness (QED) is 0.803. The lowest BCUT2D eigenvalue weighted by Crippen LogP contribution is -2.19. The Labute approximate surface area is 91.6 Å². The molecule has 0 aliphatic carbocycles. The fourth-order valence-electron chi connectivity index (χ4n) is 1.45. The zero-order valence-electron chi connectivity index (χ0n) is 8.25. The van der Waals surface area contributed by atoms with Crippen molar-refractivity contribution in [2.45, 2.75) is 12.5 Å². The van der Waals surface area contributed by atoms with Crippen LogP contribution in [0.2, 0.25) is 0 Å². The third-order valence-corrected chi connectivity index (χ3v) is 2.27. The molecule has 5 heteroatoms. The molecule has 1 atom stereocenters. The average Bonchev–Trinajstić information content (AvgIpc) is 2.78. The molecule has 1 aliphatic rings. The Hall–Kier alpha value is -2.35. The molecule has 0 bridgehead atoms. The lowest BCUT2D eigenvalue weighted by Gasteiger charge is -2.00. The maximum absolute atomic E-state index is 10.7. The van der Waals surface area contributed by atoms with Crippen molar-refractivity contribution in [1.29, 1.82) is 5.26 Å². The minimum absolute atomic E-state index is 0.226. The highest BCUT2D eigenvalue weighted by Crippen LogP contribution is 2.17. The van der Waals surface area contributed by atoms with Crippen LogP contribution in [0, 0.1) is 11.3 Å². The van der Waals surface area contributed by atoms with Gasteiger partial charge in [0.1, 0.15) is 0 Å². The molecule has 1 aliphatic heterocycles. The summed E-state index contributed by atoms with van der Waals surface area (Å²) in [6, 6.07) is 8.84. The highest BCUT2D eigenvalue weighted by Gasteiger charge is 2.28. The minimum Gasteiger partial charge on any atom is -0.478 e.